The van der Waals surface area contributed by atoms with Crippen LogP contribution in [0.25, 0.3) is 17.3 Å². The maximum atomic E-state index is 13.8. The lowest BCUT2D eigenvalue weighted by molar-refractivity contribution is -0.113. The highest BCUT2D eigenvalue weighted by molar-refractivity contribution is 7.99. The van der Waals surface area contributed by atoms with Gasteiger partial charge in [0, 0.05) is 12.7 Å². The average molecular weight is 450 g/mol. The monoisotopic (exact) mass is 450 g/mol. The summed E-state index contributed by atoms with van der Waals surface area (Å²) >= 11 is 1.20. The van der Waals surface area contributed by atoms with Crippen LogP contribution in [0.3, 0.4) is 0 Å². The maximum Gasteiger partial charge on any atom is 0.236 e. The summed E-state index contributed by atoms with van der Waals surface area (Å²) in [6, 6.07) is 11.7. The summed E-state index contributed by atoms with van der Waals surface area (Å²) in [6.45, 7) is 3.62. The first-order valence-electron chi connectivity index (χ1n) is 9.64. The van der Waals surface area contributed by atoms with Crippen molar-refractivity contribution >= 4 is 23.5 Å². The SMILES string of the molecule is Cc1c(C#N)c(NC(=O)CSc2nnc(-c3ccco3)n2C)n(-c2cccc(F)c2)c1C. The summed E-state index contributed by atoms with van der Waals surface area (Å²) in [5, 5.41) is 21.2. The number of hydrogen-bond donors (Lipinski definition) is 1. The molecular formula is C22H19FN6O2S. The predicted molar refractivity (Wildman–Crippen MR) is 118 cm³/mol. The van der Waals surface area contributed by atoms with Crippen molar-refractivity contribution < 1.29 is 13.6 Å². The molecule has 0 aliphatic carbocycles. The molecule has 0 spiro atoms. The van der Waals surface area contributed by atoms with E-state index in [0.717, 1.165) is 11.3 Å². The molecule has 10 heteroatoms. The number of nitriles is 1. The third-order valence-electron chi connectivity index (χ3n) is 5.06. The number of thioether (sulfide) groups is 1. The fraction of sp³-hybridized carbons (Fsp3) is 0.182. The number of amides is 1. The van der Waals surface area contributed by atoms with Gasteiger partial charge in [0.1, 0.15) is 17.7 Å². The highest BCUT2D eigenvalue weighted by Crippen LogP contribution is 2.30. The van der Waals surface area contributed by atoms with E-state index in [0.29, 0.717) is 33.8 Å². The second kappa shape index (κ2) is 8.72. The quantitative estimate of drug-likeness (QED) is 0.441. The molecule has 0 atom stereocenters. The van der Waals surface area contributed by atoms with Crippen molar-refractivity contribution in [2.24, 2.45) is 7.05 Å². The highest BCUT2D eigenvalue weighted by Gasteiger charge is 2.22. The minimum atomic E-state index is -0.408. The van der Waals surface area contributed by atoms with E-state index in [1.807, 2.05) is 6.92 Å². The Morgan fingerprint density at radius 1 is 1.28 bits per heavy atom. The van der Waals surface area contributed by atoms with Gasteiger partial charge in [-0.25, -0.2) is 4.39 Å². The van der Waals surface area contributed by atoms with Crippen molar-refractivity contribution in [2.45, 2.75) is 19.0 Å². The topological polar surface area (TPSA) is 102 Å². The molecule has 4 aromatic rings. The number of benzene rings is 1. The normalized spacial score (nSPS) is 10.8. The first kappa shape index (κ1) is 21.4. The van der Waals surface area contributed by atoms with Crippen LogP contribution in [-0.2, 0) is 11.8 Å². The number of aromatic nitrogens is 4. The molecule has 3 aromatic heterocycles. The molecular weight excluding hydrogens is 431 g/mol. The molecule has 4 rings (SSSR count). The average Bonchev–Trinajstić information content (AvgIpc) is 3.47. The Labute approximate surface area is 187 Å². The second-order valence-corrected chi connectivity index (χ2v) is 7.98. The standard InChI is InChI=1S/C22H19FN6O2S/c1-13-14(2)29(16-7-4-6-15(23)10-16)20(17(13)11-24)25-19(30)12-32-22-27-26-21(28(22)3)18-8-5-9-31-18/h4-10H,12H2,1-3H3,(H,25,30). The number of anilines is 1. The van der Waals surface area contributed by atoms with Crippen LogP contribution in [0.4, 0.5) is 10.2 Å². The van der Waals surface area contributed by atoms with Crippen LogP contribution in [0.2, 0.25) is 0 Å². The van der Waals surface area contributed by atoms with Gasteiger partial charge < -0.3 is 14.3 Å². The molecule has 0 radical (unpaired) electrons. The molecule has 0 unspecified atom stereocenters. The molecule has 1 N–H and O–H groups in total. The van der Waals surface area contributed by atoms with Crippen molar-refractivity contribution in [3.8, 4) is 23.3 Å². The smallest absolute Gasteiger partial charge is 0.236 e. The van der Waals surface area contributed by atoms with Gasteiger partial charge in [0.25, 0.3) is 0 Å². The molecule has 1 aromatic carbocycles. The fourth-order valence-corrected chi connectivity index (χ4v) is 4.07. The van der Waals surface area contributed by atoms with E-state index in [2.05, 4.69) is 21.6 Å². The number of furan rings is 1. The molecule has 0 fully saturated rings. The van der Waals surface area contributed by atoms with Gasteiger partial charge >= 0.3 is 0 Å². The van der Waals surface area contributed by atoms with E-state index in [1.54, 1.807) is 53.6 Å². The lowest BCUT2D eigenvalue weighted by Crippen LogP contribution is -2.18. The Hall–Kier alpha value is -3.84. The van der Waals surface area contributed by atoms with Crippen LogP contribution in [0.15, 0.2) is 52.2 Å². The molecule has 8 nitrogen and oxygen atoms in total. The van der Waals surface area contributed by atoms with Gasteiger partial charge in [-0.15, -0.1) is 10.2 Å². The van der Waals surface area contributed by atoms with Crippen LogP contribution >= 0.6 is 11.8 Å². The zero-order chi connectivity index (χ0) is 22.8. The number of rotatable bonds is 6. The number of hydrogen-bond acceptors (Lipinski definition) is 6. The molecule has 162 valence electrons. The minimum Gasteiger partial charge on any atom is -0.461 e. The van der Waals surface area contributed by atoms with E-state index < -0.39 is 5.82 Å². The summed E-state index contributed by atoms with van der Waals surface area (Å²) in [4.78, 5) is 12.8. The molecule has 0 saturated heterocycles. The largest absolute Gasteiger partial charge is 0.461 e. The van der Waals surface area contributed by atoms with Crippen LogP contribution in [0, 0.1) is 31.0 Å². The van der Waals surface area contributed by atoms with Gasteiger partial charge in [0.15, 0.2) is 16.7 Å². The van der Waals surface area contributed by atoms with E-state index in [4.69, 9.17) is 4.42 Å². The summed E-state index contributed by atoms with van der Waals surface area (Å²) < 4.78 is 22.6. The number of carbonyl (C=O) groups excluding carboxylic acids is 1. The summed E-state index contributed by atoms with van der Waals surface area (Å²) in [6.07, 6.45) is 1.55. The van der Waals surface area contributed by atoms with E-state index in [-0.39, 0.29) is 11.7 Å². The summed E-state index contributed by atoms with van der Waals surface area (Å²) in [5.41, 5.74) is 2.32. The minimum absolute atomic E-state index is 0.0431. The van der Waals surface area contributed by atoms with Gasteiger partial charge in [0.05, 0.1) is 23.3 Å². The Kier molecular flexibility index (Phi) is 5.83. The van der Waals surface area contributed by atoms with E-state index >= 15 is 0 Å². The zero-order valence-electron chi connectivity index (χ0n) is 17.6. The summed E-state index contributed by atoms with van der Waals surface area (Å²) in [7, 11) is 1.79. The first-order valence-corrected chi connectivity index (χ1v) is 10.6. The number of nitrogens with zero attached hydrogens (tertiary/aromatic N) is 5. The van der Waals surface area contributed by atoms with Crippen LogP contribution in [-0.4, -0.2) is 31.0 Å². The molecule has 0 aliphatic heterocycles. The molecule has 0 bridgehead atoms. The Bertz CT molecular complexity index is 1330. The predicted octanol–water partition coefficient (Wildman–Crippen LogP) is 4.22. The molecule has 3 heterocycles. The van der Waals surface area contributed by atoms with Crippen molar-refractivity contribution in [2.75, 3.05) is 11.1 Å². The molecule has 0 aliphatic rings. The number of halogens is 1. The van der Waals surface area contributed by atoms with Gasteiger partial charge in [-0.05, 0) is 49.7 Å². The third kappa shape index (κ3) is 3.90. The number of carbonyl (C=O) groups is 1. The van der Waals surface area contributed by atoms with Gasteiger partial charge in [-0.3, -0.25) is 9.36 Å². The summed E-state index contributed by atoms with van der Waals surface area (Å²) in [5.74, 6) is 0.748. The highest BCUT2D eigenvalue weighted by atomic mass is 32.2. The maximum absolute atomic E-state index is 13.8. The van der Waals surface area contributed by atoms with Crippen molar-refractivity contribution in [3.63, 3.8) is 0 Å². The molecule has 1 amide bonds. The lowest BCUT2D eigenvalue weighted by atomic mass is 10.2. The molecule has 0 saturated carbocycles. The Morgan fingerprint density at radius 3 is 2.78 bits per heavy atom. The van der Waals surface area contributed by atoms with E-state index in [9.17, 15) is 14.4 Å². The van der Waals surface area contributed by atoms with Crippen LogP contribution in [0.5, 0.6) is 0 Å². The van der Waals surface area contributed by atoms with Crippen LogP contribution in [0.1, 0.15) is 16.8 Å². The van der Waals surface area contributed by atoms with Crippen molar-refractivity contribution in [1.29, 1.82) is 5.26 Å². The van der Waals surface area contributed by atoms with Crippen molar-refractivity contribution in [1.82, 2.24) is 19.3 Å². The third-order valence-corrected chi connectivity index (χ3v) is 6.08. The first-order chi connectivity index (χ1) is 15.4. The van der Waals surface area contributed by atoms with Gasteiger partial charge in [0.2, 0.25) is 5.91 Å². The Morgan fingerprint density at radius 2 is 2.09 bits per heavy atom. The van der Waals surface area contributed by atoms with E-state index in [1.165, 1.54) is 23.9 Å². The van der Waals surface area contributed by atoms with Gasteiger partial charge in [-0.2, -0.15) is 5.26 Å². The van der Waals surface area contributed by atoms with Gasteiger partial charge in [-0.1, -0.05) is 17.8 Å². The van der Waals surface area contributed by atoms with Crippen LogP contribution < -0.4 is 5.32 Å². The molecule has 32 heavy (non-hydrogen) atoms. The van der Waals surface area contributed by atoms with Crippen molar-refractivity contribution in [3.05, 3.63) is 65.3 Å². The Balaban J connectivity index is 1.56. The zero-order valence-corrected chi connectivity index (χ0v) is 18.4. The second-order valence-electron chi connectivity index (χ2n) is 7.04. The lowest BCUT2D eigenvalue weighted by Gasteiger charge is -2.13. The fourth-order valence-electron chi connectivity index (χ4n) is 3.36. The number of nitrogens with one attached hydrogen (secondary N) is 1.